The topological polar surface area (TPSA) is 38.5 Å². The first-order valence-electron chi connectivity index (χ1n) is 7.00. The summed E-state index contributed by atoms with van der Waals surface area (Å²) >= 11 is 0. The molecule has 1 atom stereocenters. The number of para-hydroxylation sites is 2. The van der Waals surface area contributed by atoms with E-state index in [1.165, 1.54) is 0 Å². The third kappa shape index (κ3) is 5.11. The molecule has 2 N–H and O–H groups in total. The average Bonchev–Trinajstić information content (AvgIpc) is 2.34. The Balaban J connectivity index is 2.30. The van der Waals surface area contributed by atoms with Gasteiger partial charge >= 0.3 is 0 Å². The maximum absolute atomic E-state index is 5.83. The number of nitrogens with zero attached hydrogens (tertiary/aromatic N) is 1. The summed E-state index contributed by atoms with van der Waals surface area (Å²) in [6.07, 6.45) is 1.01. The fraction of sp³-hybridized carbons (Fsp3) is 0.625. The van der Waals surface area contributed by atoms with Gasteiger partial charge in [0.2, 0.25) is 0 Å². The first-order chi connectivity index (χ1) is 8.82. The molecule has 0 heterocycles. The molecular formula is C16H28N2O. The Morgan fingerprint density at radius 3 is 2.47 bits per heavy atom. The Morgan fingerprint density at radius 1 is 1.26 bits per heavy atom. The highest BCUT2D eigenvalue weighted by atomic mass is 16.5. The van der Waals surface area contributed by atoms with Gasteiger partial charge in [-0.3, -0.25) is 0 Å². The molecule has 3 heteroatoms. The largest absolute Gasteiger partial charge is 0.491 e. The average molecular weight is 264 g/mol. The van der Waals surface area contributed by atoms with Crippen molar-refractivity contribution >= 4 is 5.69 Å². The maximum atomic E-state index is 5.83. The summed E-state index contributed by atoms with van der Waals surface area (Å²) in [5.41, 5.74) is 6.84. The van der Waals surface area contributed by atoms with Crippen molar-refractivity contribution in [2.45, 2.75) is 40.2 Å². The van der Waals surface area contributed by atoms with Crippen LogP contribution in [0.4, 0.5) is 5.69 Å². The minimum Gasteiger partial charge on any atom is -0.491 e. The number of nitrogen functional groups attached to an aromatic ring is 1. The summed E-state index contributed by atoms with van der Waals surface area (Å²) in [4.78, 5) is 2.39. The summed E-state index contributed by atoms with van der Waals surface area (Å²) in [7, 11) is 2.17. The predicted octanol–water partition coefficient (Wildman–Crippen LogP) is 3.40. The molecule has 0 aliphatic rings. The number of ether oxygens (including phenoxy) is 1. The van der Waals surface area contributed by atoms with Crippen LogP contribution in [0.15, 0.2) is 24.3 Å². The van der Waals surface area contributed by atoms with Crippen LogP contribution in [0.3, 0.4) is 0 Å². The van der Waals surface area contributed by atoms with Gasteiger partial charge in [-0.25, -0.2) is 0 Å². The van der Waals surface area contributed by atoms with E-state index >= 15 is 0 Å². The zero-order valence-electron chi connectivity index (χ0n) is 12.9. The lowest BCUT2D eigenvalue weighted by atomic mass is 9.87. The molecule has 0 aliphatic heterocycles. The lowest BCUT2D eigenvalue weighted by Crippen LogP contribution is -2.40. The molecule has 3 nitrogen and oxygen atoms in total. The lowest BCUT2D eigenvalue weighted by Gasteiger charge is -2.35. The predicted molar refractivity (Wildman–Crippen MR) is 82.5 cm³/mol. The van der Waals surface area contributed by atoms with Gasteiger partial charge in [-0.05, 0) is 37.9 Å². The molecule has 0 bridgehead atoms. The molecule has 1 aromatic rings. The molecule has 19 heavy (non-hydrogen) atoms. The number of rotatable bonds is 6. The summed E-state index contributed by atoms with van der Waals surface area (Å²) in [5, 5.41) is 0. The standard InChI is InChI=1S/C16H28N2O/c1-13(16(2,3)4)18(5)11-8-12-19-15-10-7-6-9-14(15)17/h6-7,9-10,13H,8,11-12,17H2,1-5H3. The smallest absolute Gasteiger partial charge is 0.142 e. The van der Waals surface area contributed by atoms with Crippen LogP contribution in [0.2, 0.25) is 0 Å². The number of nitrogens with two attached hydrogens (primary N) is 1. The highest BCUT2D eigenvalue weighted by molar-refractivity contribution is 5.51. The Bertz CT molecular complexity index is 385. The van der Waals surface area contributed by atoms with Gasteiger partial charge < -0.3 is 15.4 Å². The van der Waals surface area contributed by atoms with Crippen molar-refractivity contribution in [3.05, 3.63) is 24.3 Å². The van der Waals surface area contributed by atoms with Gasteiger partial charge in [-0.2, -0.15) is 0 Å². The molecule has 0 saturated heterocycles. The number of anilines is 1. The number of benzene rings is 1. The Hall–Kier alpha value is -1.22. The third-order valence-electron chi connectivity index (χ3n) is 3.75. The first kappa shape index (κ1) is 15.8. The minimum absolute atomic E-state index is 0.305. The third-order valence-corrected chi connectivity index (χ3v) is 3.75. The van der Waals surface area contributed by atoms with Crippen molar-refractivity contribution in [3.63, 3.8) is 0 Å². The zero-order valence-corrected chi connectivity index (χ0v) is 12.9. The van der Waals surface area contributed by atoms with Gasteiger partial charge in [0.25, 0.3) is 0 Å². The van der Waals surface area contributed by atoms with Gasteiger partial charge in [0.05, 0.1) is 12.3 Å². The molecule has 0 radical (unpaired) electrons. The van der Waals surface area contributed by atoms with E-state index in [1.807, 2.05) is 24.3 Å². The van der Waals surface area contributed by atoms with Gasteiger partial charge in [-0.15, -0.1) is 0 Å². The Labute approximate surface area is 117 Å². The number of hydrogen-bond acceptors (Lipinski definition) is 3. The molecular weight excluding hydrogens is 236 g/mol. The Kier molecular flexibility index (Phi) is 5.67. The van der Waals surface area contributed by atoms with E-state index in [4.69, 9.17) is 10.5 Å². The Morgan fingerprint density at radius 2 is 1.89 bits per heavy atom. The zero-order chi connectivity index (χ0) is 14.5. The van der Waals surface area contributed by atoms with Gasteiger partial charge in [0.15, 0.2) is 0 Å². The maximum Gasteiger partial charge on any atom is 0.142 e. The molecule has 0 aliphatic carbocycles. The van der Waals surface area contributed by atoms with Crippen molar-refractivity contribution in [1.29, 1.82) is 0 Å². The number of hydrogen-bond donors (Lipinski definition) is 1. The lowest BCUT2D eigenvalue weighted by molar-refractivity contribution is 0.133. The second-order valence-electron chi connectivity index (χ2n) is 6.26. The van der Waals surface area contributed by atoms with Crippen LogP contribution in [0.5, 0.6) is 5.75 Å². The highest BCUT2D eigenvalue weighted by Gasteiger charge is 2.23. The quantitative estimate of drug-likeness (QED) is 0.632. The van der Waals surface area contributed by atoms with Gasteiger partial charge in [0.1, 0.15) is 5.75 Å². The molecule has 0 saturated carbocycles. The van der Waals surface area contributed by atoms with Crippen LogP contribution in [-0.2, 0) is 0 Å². The van der Waals surface area contributed by atoms with E-state index in [0.717, 1.165) is 18.7 Å². The summed E-state index contributed by atoms with van der Waals surface area (Å²) in [6.45, 7) is 10.8. The molecule has 0 spiro atoms. The second kappa shape index (κ2) is 6.80. The SMILES string of the molecule is CC(N(C)CCCOc1ccccc1N)C(C)(C)C. The molecule has 0 aromatic heterocycles. The molecule has 1 aromatic carbocycles. The second-order valence-corrected chi connectivity index (χ2v) is 6.26. The van der Waals surface area contributed by atoms with E-state index in [1.54, 1.807) is 0 Å². The first-order valence-corrected chi connectivity index (χ1v) is 7.00. The molecule has 1 rings (SSSR count). The van der Waals surface area contributed by atoms with Crippen molar-refractivity contribution in [1.82, 2.24) is 4.90 Å². The van der Waals surface area contributed by atoms with E-state index in [2.05, 4.69) is 39.6 Å². The normalized spacial score (nSPS) is 13.6. The van der Waals surface area contributed by atoms with Crippen LogP contribution >= 0.6 is 0 Å². The van der Waals surface area contributed by atoms with Gasteiger partial charge in [0, 0.05) is 12.6 Å². The van der Waals surface area contributed by atoms with Crippen molar-refractivity contribution in [3.8, 4) is 5.75 Å². The van der Waals surface area contributed by atoms with Crippen LogP contribution in [0.1, 0.15) is 34.1 Å². The van der Waals surface area contributed by atoms with Crippen LogP contribution < -0.4 is 10.5 Å². The van der Waals surface area contributed by atoms with Crippen LogP contribution in [0.25, 0.3) is 0 Å². The van der Waals surface area contributed by atoms with Crippen molar-refractivity contribution in [2.75, 3.05) is 25.9 Å². The van der Waals surface area contributed by atoms with Crippen LogP contribution in [0, 0.1) is 5.41 Å². The van der Waals surface area contributed by atoms with Crippen molar-refractivity contribution < 1.29 is 4.74 Å². The fourth-order valence-electron chi connectivity index (χ4n) is 1.96. The summed E-state index contributed by atoms with van der Waals surface area (Å²) < 4.78 is 5.70. The van der Waals surface area contributed by atoms with Crippen molar-refractivity contribution in [2.24, 2.45) is 5.41 Å². The summed E-state index contributed by atoms with van der Waals surface area (Å²) in [6, 6.07) is 8.19. The van der Waals surface area contributed by atoms with E-state index < -0.39 is 0 Å². The van der Waals surface area contributed by atoms with Crippen LogP contribution in [-0.4, -0.2) is 31.1 Å². The molecule has 0 fully saturated rings. The molecule has 0 amide bonds. The molecule has 108 valence electrons. The van der Waals surface area contributed by atoms with E-state index in [9.17, 15) is 0 Å². The molecule has 1 unspecified atom stereocenters. The monoisotopic (exact) mass is 264 g/mol. The summed E-state index contributed by atoms with van der Waals surface area (Å²) in [5.74, 6) is 0.786. The highest BCUT2D eigenvalue weighted by Crippen LogP contribution is 2.23. The minimum atomic E-state index is 0.305. The van der Waals surface area contributed by atoms with E-state index in [-0.39, 0.29) is 0 Å². The van der Waals surface area contributed by atoms with Gasteiger partial charge in [-0.1, -0.05) is 32.9 Å². The van der Waals surface area contributed by atoms with E-state index in [0.29, 0.717) is 23.8 Å². The fourth-order valence-corrected chi connectivity index (χ4v) is 1.96.